The van der Waals surface area contributed by atoms with Crippen LogP contribution < -0.4 is 4.74 Å². The quantitative estimate of drug-likeness (QED) is 0.789. The van der Waals surface area contributed by atoms with Crippen molar-refractivity contribution in [2.45, 2.75) is 39.0 Å². The lowest BCUT2D eigenvalue weighted by atomic mass is 10.1. The lowest BCUT2D eigenvalue weighted by molar-refractivity contribution is 0.0197. The number of aliphatic hydroxyl groups is 1. The van der Waals surface area contributed by atoms with Crippen LogP contribution in [0.2, 0.25) is 0 Å². The van der Waals surface area contributed by atoms with Crippen LogP contribution in [0.5, 0.6) is 5.75 Å². The Bertz CT molecular complexity index is 809. The van der Waals surface area contributed by atoms with Crippen molar-refractivity contribution in [1.29, 1.82) is 5.26 Å². The van der Waals surface area contributed by atoms with E-state index in [1.807, 2.05) is 57.2 Å². The molecule has 0 aliphatic heterocycles. The van der Waals surface area contributed by atoms with Crippen LogP contribution in [0.4, 0.5) is 4.79 Å². The molecule has 0 heterocycles. The third-order valence-electron chi connectivity index (χ3n) is 4.07. The number of hydrogen-bond acceptors (Lipinski definition) is 5. The van der Waals surface area contributed by atoms with E-state index < -0.39 is 17.7 Å². The van der Waals surface area contributed by atoms with Gasteiger partial charge < -0.3 is 19.5 Å². The second-order valence-corrected chi connectivity index (χ2v) is 7.39. The molecule has 2 rings (SSSR count). The van der Waals surface area contributed by atoms with Crippen molar-refractivity contribution in [2.24, 2.45) is 0 Å². The Hall–Kier alpha value is -3.04. The van der Waals surface area contributed by atoms with Crippen molar-refractivity contribution >= 4 is 6.09 Å². The van der Waals surface area contributed by atoms with E-state index in [0.717, 1.165) is 5.56 Å². The maximum atomic E-state index is 12.6. The number of para-hydroxylation sites is 1. The van der Waals surface area contributed by atoms with Crippen LogP contribution in [-0.2, 0) is 11.3 Å². The highest BCUT2D eigenvalue weighted by molar-refractivity contribution is 5.68. The molecule has 0 radical (unpaired) electrons. The lowest BCUT2D eigenvalue weighted by Gasteiger charge is -2.36. The molecule has 1 atom stereocenters. The Morgan fingerprint density at radius 1 is 1.14 bits per heavy atom. The van der Waals surface area contributed by atoms with Gasteiger partial charge in [-0.25, -0.2) is 4.79 Å². The van der Waals surface area contributed by atoms with Crippen LogP contribution in [0.25, 0.3) is 0 Å². The summed E-state index contributed by atoms with van der Waals surface area (Å²) in [5.74, 6) is 0.401. The van der Waals surface area contributed by atoms with Gasteiger partial charge in [0.05, 0.1) is 12.1 Å². The first kappa shape index (κ1) is 21.3. The van der Waals surface area contributed by atoms with Crippen molar-refractivity contribution in [1.82, 2.24) is 4.90 Å². The molecule has 0 bridgehead atoms. The van der Waals surface area contributed by atoms with E-state index >= 15 is 0 Å². The molecule has 2 aromatic rings. The SMILES string of the molecule is CC(C)(C)N(CC(O)COc1ccccc1C#N)C(=O)OCc1ccccc1. The molecule has 1 amide bonds. The van der Waals surface area contributed by atoms with Crippen molar-refractivity contribution < 1.29 is 19.4 Å². The highest BCUT2D eigenvalue weighted by Crippen LogP contribution is 2.19. The molecule has 1 N–H and O–H groups in total. The fourth-order valence-electron chi connectivity index (χ4n) is 2.55. The average Bonchev–Trinajstić information content (AvgIpc) is 2.68. The van der Waals surface area contributed by atoms with Crippen LogP contribution in [0.1, 0.15) is 31.9 Å². The number of carbonyl (C=O) groups excluding carboxylic acids is 1. The highest BCUT2D eigenvalue weighted by Gasteiger charge is 2.30. The summed E-state index contributed by atoms with van der Waals surface area (Å²) in [4.78, 5) is 14.1. The minimum atomic E-state index is -0.935. The van der Waals surface area contributed by atoms with E-state index in [1.54, 1.807) is 24.3 Å². The molecule has 1 unspecified atom stereocenters. The van der Waals surface area contributed by atoms with Gasteiger partial charge in [-0.15, -0.1) is 0 Å². The number of nitrogens with zero attached hydrogens (tertiary/aromatic N) is 2. The molecule has 0 aromatic heterocycles. The number of rotatable bonds is 7. The summed E-state index contributed by atoms with van der Waals surface area (Å²) in [6.45, 7) is 5.78. The van der Waals surface area contributed by atoms with Crippen LogP contribution in [0, 0.1) is 11.3 Å². The molecule has 0 fully saturated rings. The normalized spacial score (nSPS) is 12.0. The summed E-state index contributed by atoms with van der Waals surface area (Å²) < 4.78 is 11.0. The van der Waals surface area contributed by atoms with Crippen LogP contribution in [0.15, 0.2) is 54.6 Å². The Balaban J connectivity index is 1.95. The molecule has 2 aromatic carbocycles. The molecule has 0 aliphatic rings. The molecule has 28 heavy (non-hydrogen) atoms. The van der Waals surface area contributed by atoms with Gasteiger partial charge in [0.25, 0.3) is 0 Å². The van der Waals surface area contributed by atoms with Gasteiger partial charge in [0, 0.05) is 5.54 Å². The van der Waals surface area contributed by atoms with Gasteiger partial charge in [0.2, 0.25) is 0 Å². The summed E-state index contributed by atoms with van der Waals surface area (Å²) in [6.07, 6.45) is -1.44. The minimum absolute atomic E-state index is 0.0444. The zero-order valence-corrected chi connectivity index (χ0v) is 16.5. The number of benzene rings is 2. The van der Waals surface area contributed by atoms with Crippen molar-refractivity contribution in [2.75, 3.05) is 13.2 Å². The molecule has 0 saturated heterocycles. The van der Waals surface area contributed by atoms with Crippen molar-refractivity contribution in [3.8, 4) is 11.8 Å². The first-order valence-corrected chi connectivity index (χ1v) is 9.09. The van der Waals surface area contributed by atoms with Gasteiger partial charge in [-0.2, -0.15) is 5.26 Å². The molecule has 6 heteroatoms. The monoisotopic (exact) mass is 382 g/mol. The minimum Gasteiger partial charge on any atom is -0.489 e. The molecule has 6 nitrogen and oxygen atoms in total. The third-order valence-corrected chi connectivity index (χ3v) is 4.07. The number of carbonyl (C=O) groups is 1. The molecular formula is C22H26N2O4. The fourth-order valence-corrected chi connectivity index (χ4v) is 2.55. The first-order chi connectivity index (χ1) is 13.3. The predicted molar refractivity (Wildman–Crippen MR) is 106 cm³/mol. The number of aliphatic hydroxyl groups excluding tert-OH is 1. The van der Waals surface area contributed by atoms with Gasteiger partial charge >= 0.3 is 6.09 Å². The van der Waals surface area contributed by atoms with Crippen molar-refractivity contribution in [3.63, 3.8) is 0 Å². The fraction of sp³-hybridized carbons (Fsp3) is 0.364. The van der Waals surface area contributed by atoms with E-state index in [0.29, 0.717) is 11.3 Å². The number of ether oxygens (including phenoxy) is 2. The summed E-state index contributed by atoms with van der Waals surface area (Å²) >= 11 is 0. The zero-order valence-electron chi connectivity index (χ0n) is 16.5. The van der Waals surface area contributed by atoms with E-state index in [2.05, 4.69) is 0 Å². The van der Waals surface area contributed by atoms with Crippen LogP contribution >= 0.6 is 0 Å². The zero-order chi connectivity index (χ0) is 20.6. The highest BCUT2D eigenvalue weighted by atomic mass is 16.6. The standard InChI is InChI=1S/C22H26N2O4/c1-22(2,3)24(21(26)28-15-17-9-5-4-6-10-17)14-19(25)16-27-20-12-8-7-11-18(20)13-23/h4-12,19,25H,14-16H2,1-3H3. The Morgan fingerprint density at radius 3 is 2.43 bits per heavy atom. The topological polar surface area (TPSA) is 82.8 Å². The van der Waals surface area contributed by atoms with Gasteiger partial charge in [-0.1, -0.05) is 42.5 Å². The van der Waals surface area contributed by atoms with E-state index in [1.165, 1.54) is 4.90 Å². The molecular weight excluding hydrogens is 356 g/mol. The second kappa shape index (κ2) is 9.77. The van der Waals surface area contributed by atoms with E-state index in [-0.39, 0.29) is 19.8 Å². The van der Waals surface area contributed by atoms with Crippen LogP contribution in [0.3, 0.4) is 0 Å². The Labute approximate surface area is 165 Å². The maximum Gasteiger partial charge on any atom is 0.410 e. The maximum absolute atomic E-state index is 12.6. The smallest absolute Gasteiger partial charge is 0.410 e. The summed E-state index contributed by atoms with van der Waals surface area (Å²) in [5.41, 5.74) is 0.741. The largest absolute Gasteiger partial charge is 0.489 e. The third kappa shape index (κ3) is 6.29. The van der Waals surface area contributed by atoms with E-state index in [4.69, 9.17) is 14.7 Å². The van der Waals surface area contributed by atoms with Gasteiger partial charge in [-0.3, -0.25) is 0 Å². The number of nitriles is 1. The van der Waals surface area contributed by atoms with Gasteiger partial charge in [0.15, 0.2) is 0 Å². The summed E-state index contributed by atoms with van der Waals surface area (Å²) in [5, 5.41) is 19.5. The van der Waals surface area contributed by atoms with Gasteiger partial charge in [-0.05, 0) is 38.5 Å². The molecule has 0 aliphatic carbocycles. The summed E-state index contributed by atoms with van der Waals surface area (Å²) in [6, 6.07) is 18.3. The number of amides is 1. The Kier molecular flexibility index (Phi) is 7.42. The number of β-amino-alcohol motifs (C(OH)–C–C–N with tert-alkyl or cyclic N) is 1. The van der Waals surface area contributed by atoms with Crippen molar-refractivity contribution in [3.05, 3.63) is 65.7 Å². The predicted octanol–water partition coefficient (Wildman–Crippen LogP) is 3.74. The Morgan fingerprint density at radius 2 is 1.79 bits per heavy atom. The summed E-state index contributed by atoms with van der Waals surface area (Å²) in [7, 11) is 0. The second-order valence-electron chi connectivity index (χ2n) is 7.39. The van der Waals surface area contributed by atoms with E-state index in [9.17, 15) is 9.90 Å². The molecule has 0 spiro atoms. The molecule has 148 valence electrons. The molecule has 0 saturated carbocycles. The lowest BCUT2D eigenvalue weighted by Crippen LogP contribution is -2.50. The van der Waals surface area contributed by atoms with Crippen LogP contribution in [-0.4, -0.2) is 40.9 Å². The van der Waals surface area contributed by atoms with Gasteiger partial charge in [0.1, 0.15) is 31.1 Å². The average molecular weight is 382 g/mol. The first-order valence-electron chi connectivity index (χ1n) is 9.09. The number of hydrogen-bond donors (Lipinski definition) is 1.